The number of carboxylic acids is 1. The average molecular weight is 933 g/mol. The highest BCUT2D eigenvalue weighted by atomic mass is 16.5. The van der Waals surface area contributed by atoms with Gasteiger partial charge in [-0.3, -0.25) is 39.4 Å². The van der Waals surface area contributed by atoms with E-state index in [2.05, 4.69) is 38.8 Å². The Bertz CT molecular complexity index is 1280. The van der Waals surface area contributed by atoms with E-state index >= 15 is 0 Å². The summed E-state index contributed by atoms with van der Waals surface area (Å²) < 4.78 is 21.4. The molecule has 0 saturated carbocycles. The van der Waals surface area contributed by atoms with Crippen LogP contribution in [0.2, 0.25) is 0 Å². The molecule has 0 aromatic rings. The zero-order chi connectivity index (χ0) is 48.2. The minimum absolute atomic E-state index is 0.0203. The minimum Gasteiger partial charge on any atom is -0.480 e. The molecule has 0 heterocycles. The number of primary amides is 1. The van der Waals surface area contributed by atoms with Crippen LogP contribution in [-0.2, 0) is 52.5 Å². The molecule has 0 spiro atoms. The van der Waals surface area contributed by atoms with Crippen LogP contribution in [0.3, 0.4) is 0 Å². The van der Waals surface area contributed by atoms with Gasteiger partial charge in [0.1, 0.15) is 25.3 Å². The molecular weight excluding hydrogens is 849 g/mol. The third-order valence-corrected chi connectivity index (χ3v) is 10.2. The highest BCUT2D eigenvalue weighted by Crippen LogP contribution is 2.13. The molecule has 0 bridgehead atoms. The maximum Gasteiger partial charge on any atom is 0.326 e. The van der Waals surface area contributed by atoms with Crippen molar-refractivity contribution < 1.29 is 62.7 Å². The van der Waals surface area contributed by atoms with Crippen molar-refractivity contribution in [2.45, 2.75) is 147 Å². The largest absolute Gasteiger partial charge is 0.480 e. The number of hydrogen-bond donors (Lipinski definition) is 10. The number of carboxylic acid groups (broad SMARTS) is 1. The Morgan fingerprint density at radius 1 is 0.523 bits per heavy atom. The lowest BCUT2D eigenvalue weighted by molar-refractivity contribution is -0.142. The molecule has 21 heteroatoms. The van der Waals surface area contributed by atoms with Crippen LogP contribution >= 0.6 is 0 Å². The number of ether oxygens (including phenoxy) is 4. The number of hydrogen-bond acceptors (Lipinski definition) is 15. The van der Waals surface area contributed by atoms with E-state index in [1.165, 1.54) is 57.8 Å². The van der Waals surface area contributed by atoms with Crippen LogP contribution in [0, 0.1) is 0 Å². The zero-order valence-electron chi connectivity index (χ0n) is 39.1. The van der Waals surface area contributed by atoms with Crippen LogP contribution in [-0.4, -0.2) is 162 Å². The number of aliphatic carboxylic acids is 1. The molecule has 65 heavy (non-hydrogen) atoms. The van der Waals surface area contributed by atoms with E-state index in [1.807, 2.05) is 0 Å². The lowest BCUT2D eigenvalue weighted by atomic mass is 10.0. The Hall–Kier alpha value is -3.83. The zero-order valence-corrected chi connectivity index (χ0v) is 39.1. The van der Waals surface area contributed by atoms with E-state index in [1.54, 1.807) is 0 Å². The quantitative estimate of drug-likeness (QED) is 0.0289. The second-order valence-corrected chi connectivity index (χ2v) is 15.8. The first kappa shape index (κ1) is 61.2. The Balaban J connectivity index is 3.76. The predicted octanol–water partition coefficient (Wildman–Crippen LogP) is 0.282. The van der Waals surface area contributed by atoms with Crippen LogP contribution in [0.25, 0.3) is 0 Å². The predicted molar refractivity (Wildman–Crippen MR) is 244 cm³/mol. The highest BCUT2D eigenvalue weighted by molar-refractivity contribution is 5.87. The normalized spacial score (nSPS) is 12.5. The molecule has 3 atom stereocenters. The van der Waals surface area contributed by atoms with Gasteiger partial charge in [0, 0.05) is 39.1 Å². The van der Waals surface area contributed by atoms with Gasteiger partial charge in [-0.05, 0) is 32.1 Å². The van der Waals surface area contributed by atoms with Gasteiger partial charge in [-0.2, -0.15) is 0 Å². The summed E-state index contributed by atoms with van der Waals surface area (Å²) >= 11 is 0. The summed E-state index contributed by atoms with van der Waals surface area (Å²) in [6.45, 7) is 3.30. The molecule has 0 rings (SSSR count). The maximum atomic E-state index is 12.4. The first-order chi connectivity index (χ1) is 31.4. The summed E-state index contributed by atoms with van der Waals surface area (Å²) in [5.41, 5.74) is 10.7. The Kier molecular flexibility index (Phi) is 41.4. The molecule has 0 aliphatic rings. The highest BCUT2D eigenvalue weighted by Gasteiger charge is 2.22. The summed E-state index contributed by atoms with van der Waals surface area (Å²) in [4.78, 5) is 83.8. The third-order valence-electron chi connectivity index (χ3n) is 10.2. The fraction of sp³-hybridized carbons (Fsp3) is 0.841. The number of ketones is 1. The number of rotatable bonds is 48. The molecule has 0 aromatic carbocycles. The molecule has 0 radical (unpaired) electrons. The summed E-state index contributed by atoms with van der Waals surface area (Å²) in [5.74, 6) is -3.47. The smallest absolute Gasteiger partial charge is 0.326 e. The molecule has 0 aliphatic heterocycles. The van der Waals surface area contributed by atoms with Gasteiger partial charge in [-0.1, -0.05) is 84.0 Å². The molecule has 0 aliphatic carbocycles. The number of Topliss-reactive ketones (excluding diaryl/α,β-unsaturated/α-hetero) is 1. The van der Waals surface area contributed by atoms with Crippen molar-refractivity contribution >= 4 is 41.3 Å². The van der Waals surface area contributed by atoms with E-state index in [9.17, 15) is 38.7 Å². The topological polar surface area (TPSA) is 321 Å². The summed E-state index contributed by atoms with van der Waals surface area (Å²) in [6, 6.07) is -2.70. The molecular formula is C44H84N8O13. The second-order valence-electron chi connectivity index (χ2n) is 15.8. The van der Waals surface area contributed by atoms with Crippen molar-refractivity contribution in [1.29, 1.82) is 0 Å². The van der Waals surface area contributed by atoms with E-state index in [-0.39, 0.29) is 128 Å². The number of carbonyl (C=O) groups excluding carboxylic acids is 6. The Morgan fingerprint density at radius 3 is 1.54 bits per heavy atom. The van der Waals surface area contributed by atoms with Gasteiger partial charge < -0.3 is 61.9 Å². The Morgan fingerprint density at radius 2 is 1.03 bits per heavy atom. The average Bonchev–Trinajstić information content (AvgIpc) is 3.27. The van der Waals surface area contributed by atoms with Gasteiger partial charge in [0.25, 0.3) is 0 Å². The molecule has 378 valence electrons. The molecule has 0 saturated heterocycles. The van der Waals surface area contributed by atoms with Crippen LogP contribution in [0.1, 0.15) is 129 Å². The van der Waals surface area contributed by atoms with Crippen LogP contribution in [0.5, 0.6) is 0 Å². The number of nitrogens with two attached hydrogens (primary N) is 2. The van der Waals surface area contributed by atoms with Crippen molar-refractivity contribution in [2.75, 3.05) is 92.3 Å². The molecule has 0 aromatic heterocycles. The number of aliphatic hydroxyl groups excluding tert-OH is 1. The van der Waals surface area contributed by atoms with E-state index in [4.69, 9.17) is 35.5 Å². The molecule has 12 N–H and O–H groups in total. The molecule has 21 nitrogen and oxygen atoms in total. The first-order valence-electron chi connectivity index (χ1n) is 23.7. The van der Waals surface area contributed by atoms with Crippen molar-refractivity contribution in [3.8, 4) is 0 Å². The van der Waals surface area contributed by atoms with Gasteiger partial charge in [-0.15, -0.1) is 0 Å². The fourth-order valence-electron chi connectivity index (χ4n) is 6.41. The molecule has 2 unspecified atom stereocenters. The number of amides is 5. The number of carbonyl (C=O) groups is 7. The molecule has 0 fully saturated rings. The standard InChI is InChI=1S/C44H84N8O13/c1-2-3-4-5-6-7-8-9-10-11-12-13-14-18-40(56)52-36(44(60)61)19-20-39(55)48-22-24-62-26-29-65-33-42(58)49-23-25-63-27-28-64-32-41(57)47-21-16-15-17-35(51-34-45)38(54)30-50-37(31-53)43(46)59/h35-37,50-51,53H,2-34,45H2,1H3,(H2,46,59)(H,47,57)(H,48,55)(H,49,58)(H,52,56)(H,60,61)/t35?,36?,37-/m0/s1. The van der Waals surface area contributed by atoms with Crippen LogP contribution in [0.15, 0.2) is 0 Å². The van der Waals surface area contributed by atoms with Crippen molar-refractivity contribution in [2.24, 2.45) is 11.5 Å². The lowest BCUT2D eigenvalue weighted by Crippen LogP contribution is -2.50. The summed E-state index contributed by atoms with van der Waals surface area (Å²) in [7, 11) is 0. The Labute approximate surface area is 386 Å². The van der Waals surface area contributed by atoms with Crippen LogP contribution in [0.4, 0.5) is 0 Å². The minimum atomic E-state index is -1.18. The lowest BCUT2D eigenvalue weighted by Gasteiger charge is -2.18. The number of unbranched alkanes of at least 4 members (excludes halogenated alkanes) is 13. The van der Waals surface area contributed by atoms with E-state index in [0.29, 0.717) is 32.2 Å². The maximum absolute atomic E-state index is 12.4. The number of nitrogens with one attached hydrogen (secondary N) is 6. The SMILES string of the molecule is CCCCCCCCCCCCCCCC(=O)NC(CCC(=O)NCCOCCOCC(=O)NCCOCCOCC(=O)NCCCCC(NCN)C(=O)CN[C@@H](CO)C(N)=O)C(=O)O. The van der Waals surface area contributed by atoms with Gasteiger partial charge in [0.05, 0.1) is 58.8 Å². The summed E-state index contributed by atoms with van der Waals surface area (Å²) in [5, 5.41) is 34.7. The van der Waals surface area contributed by atoms with Gasteiger partial charge in [0.2, 0.25) is 29.5 Å². The first-order valence-corrected chi connectivity index (χ1v) is 23.7. The second kappa shape index (κ2) is 44.0. The van der Waals surface area contributed by atoms with Crippen molar-refractivity contribution in [3.63, 3.8) is 0 Å². The third kappa shape index (κ3) is 39.1. The van der Waals surface area contributed by atoms with Crippen LogP contribution < -0.4 is 43.4 Å². The molecule has 5 amide bonds. The fourth-order valence-corrected chi connectivity index (χ4v) is 6.41. The van der Waals surface area contributed by atoms with E-state index < -0.39 is 36.6 Å². The summed E-state index contributed by atoms with van der Waals surface area (Å²) in [6.07, 6.45) is 17.4. The van der Waals surface area contributed by atoms with E-state index in [0.717, 1.165) is 19.3 Å². The monoisotopic (exact) mass is 933 g/mol. The van der Waals surface area contributed by atoms with Crippen molar-refractivity contribution in [3.05, 3.63) is 0 Å². The van der Waals surface area contributed by atoms with Crippen molar-refractivity contribution in [1.82, 2.24) is 31.9 Å². The van der Waals surface area contributed by atoms with Gasteiger partial charge in [-0.25, -0.2) is 4.79 Å². The van der Waals surface area contributed by atoms with Gasteiger partial charge in [0.15, 0.2) is 5.78 Å². The van der Waals surface area contributed by atoms with Gasteiger partial charge >= 0.3 is 5.97 Å². The number of aliphatic hydroxyl groups is 1.